The van der Waals surface area contributed by atoms with Crippen LogP contribution in [0.3, 0.4) is 0 Å². The fraction of sp³-hybridized carbons (Fsp3) is 0.250. The van der Waals surface area contributed by atoms with Crippen LogP contribution in [-0.2, 0) is 35.3 Å². The number of allylic oxidation sites excluding steroid dienone is 1. The molecule has 8 nitrogen and oxygen atoms in total. The highest BCUT2D eigenvalue weighted by Gasteiger charge is 2.39. The minimum atomic E-state index is -4.72. The molecule has 1 atom stereocenters. The normalized spacial score (nSPS) is 14.7. The Labute approximate surface area is 211 Å². The third kappa shape index (κ3) is 5.79. The Morgan fingerprint density at radius 3 is 2.37 bits per heavy atom. The number of hydrogen-bond acceptors (Lipinski definition) is 5. The SMILES string of the molecule is NC(=O)[C@@H](N/C(=C/C(=O)N1CCn2c(nnc2C(F)(F)F)C1)Cc1cc(F)c(F)cc1F)c1ccccc1. The van der Waals surface area contributed by atoms with E-state index in [4.69, 9.17) is 5.73 Å². The first-order valence-electron chi connectivity index (χ1n) is 11.2. The Morgan fingerprint density at radius 1 is 1.03 bits per heavy atom. The van der Waals surface area contributed by atoms with Crippen molar-refractivity contribution in [3.05, 3.63) is 94.5 Å². The zero-order chi connectivity index (χ0) is 27.6. The number of amides is 2. The molecule has 0 saturated heterocycles. The van der Waals surface area contributed by atoms with E-state index < -0.39 is 53.7 Å². The van der Waals surface area contributed by atoms with Gasteiger partial charge in [-0.1, -0.05) is 30.3 Å². The molecule has 0 fully saturated rings. The number of nitrogens with two attached hydrogens (primary N) is 1. The van der Waals surface area contributed by atoms with Gasteiger partial charge in [-0.2, -0.15) is 13.2 Å². The zero-order valence-corrected chi connectivity index (χ0v) is 19.5. The van der Waals surface area contributed by atoms with Gasteiger partial charge < -0.3 is 20.5 Å². The molecule has 38 heavy (non-hydrogen) atoms. The van der Waals surface area contributed by atoms with Gasteiger partial charge in [0.15, 0.2) is 17.5 Å². The number of fused-ring (bicyclic) bond motifs is 1. The summed E-state index contributed by atoms with van der Waals surface area (Å²) in [6, 6.07) is 7.91. The van der Waals surface area contributed by atoms with Crippen LogP contribution in [-0.4, -0.2) is 38.0 Å². The van der Waals surface area contributed by atoms with Crippen molar-refractivity contribution >= 4 is 11.8 Å². The van der Waals surface area contributed by atoms with Crippen LogP contribution in [0.5, 0.6) is 0 Å². The third-order valence-corrected chi connectivity index (χ3v) is 5.83. The van der Waals surface area contributed by atoms with E-state index >= 15 is 0 Å². The van der Waals surface area contributed by atoms with Crippen LogP contribution in [0.25, 0.3) is 0 Å². The molecule has 0 saturated carbocycles. The fourth-order valence-electron chi connectivity index (χ4n) is 3.99. The highest BCUT2D eigenvalue weighted by molar-refractivity contribution is 5.88. The Morgan fingerprint density at radius 2 is 1.71 bits per heavy atom. The van der Waals surface area contributed by atoms with Crippen LogP contribution < -0.4 is 11.1 Å². The molecule has 200 valence electrons. The summed E-state index contributed by atoms with van der Waals surface area (Å²) in [5, 5.41) is 9.45. The Hall–Kier alpha value is -4.36. The molecule has 0 unspecified atom stereocenters. The van der Waals surface area contributed by atoms with Crippen molar-refractivity contribution in [1.82, 2.24) is 25.0 Å². The number of carbonyl (C=O) groups is 2. The van der Waals surface area contributed by atoms with E-state index in [9.17, 15) is 35.9 Å². The van der Waals surface area contributed by atoms with Crippen LogP contribution >= 0.6 is 0 Å². The number of primary amides is 1. The summed E-state index contributed by atoms with van der Waals surface area (Å²) in [5.41, 5.74) is 5.55. The Bertz CT molecular complexity index is 1390. The van der Waals surface area contributed by atoms with Gasteiger partial charge in [-0.25, -0.2) is 13.2 Å². The van der Waals surface area contributed by atoms with E-state index in [-0.39, 0.29) is 36.7 Å². The van der Waals surface area contributed by atoms with Crippen molar-refractivity contribution in [2.24, 2.45) is 5.73 Å². The molecule has 2 aromatic carbocycles. The molecule has 0 spiro atoms. The number of nitrogens with one attached hydrogen (secondary N) is 1. The molecule has 0 radical (unpaired) electrons. The van der Waals surface area contributed by atoms with Crippen LogP contribution in [0, 0.1) is 17.5 Å². The highest BCUT2D eigenvalue weighted by Crippen LogP contribution is 2.29. The second-order valence-corrected chi connectivity index (χ2v) is 8.44. The van der Waals surface area contributed by atoms with Crippen molar-refractivity contribution < 1.29 is 35.9 Å². The zero-order valence-electron chi connectivity index (χ0n) is 19.5. The number of benzene rings is 2. The lowest BCUT2D eigenvalue weighted by Gasteiger charge is -2.28. The maximum Gasteiger partial charge on any atom is 0.451 e. The molecule has 1 aliphatic rings. The van der Waals surface area contributed by atoms with E-state index in [0.717, 1.165) is 10.6 Å². The largest absolute Gasteiger partial charge is 0.451 e. The molecule has 2 amide bonds. The second kappa shape index (κ2) is 10.6. The lowest BCUT2D eigenvalue weighted by atomic mass is 10.0. The van der Waals surface area contributed by atoms with Gasteiger partial charge >= 0.3 is 6.18 Å². The molecule has 14 heteroatoms. The maximum atomic E-state index is 14.4. The van der Waals surface area contributed by atoms with Gasteiger partial charge in [0, 0.05) is 37.3 Å². The molecular weight excluding hydrogens is 518 g/mol. The number of aromatic nitrogens is 3. The molecule has 3 N–H and O–H groups in total. The average molecular weight is 538 g/mol. The van der Waals surface area contributed by atoms with E-state index in [1.54, 1.807) is 30.3 Å². The second-order valence-electron chi connectivity index (χ2n) is 8.44. The number of carbonyl (C=O) groups excluding carboxylic acids is 2. The number of alkyl halides is 3. The smallest absolute Gasteiger partial charge is 0.373 e. The first-order valence-corrected chi connectivity index (χ1v) is 11.2. The molecule has 0 aliphatic carbocycles. The van der Waals surface area contributed by atoms with Crippen LogP contribution in [0.1, 0.15) is 28.8 Å². The summed E-state index contributed by atoms with van der Waals surface area (Å²) >= 11 is 0. The summed E-state index contributed by atoms with van der Waals surface area (Å²) in [6.07, 6.45) is -4.19. The molecule has 0 bridgehead atoms. The van der Waals surface area contributed by atoms with Gasteiger partial charge in [-0.3, -0.25) is 9.59 Å². The maximum absolute atomic E-state index is 14.4. The first kappa shape index (κ1) is 26.7. The summed E-state index contributed by atoms with van der Waals surface area (Å²) in [5.74, 6) is -6.65. The van der Waals surface area contributed by atoms with Crippen LogP contribution in [0.2, 0.25) is 0 Å². The summed E-state index contributed by atoms with van der Waals surface area (Å²) in [6.45, 7) is -0.664. The molecule has 1 aliphatic heterocycles. The van der Waals surface area contributed by atoms with Crippen molar-refractivity contribution in [2.75, 3.05) is 6.54 Å². The predicted octanol–water partition coefficient (Wildman–Crippen LogP) is 3.00. The predicted molar refractivity (Wildman–Crippen MR) is 120 cm³/mol. The van der Waals surface area contributed by atoms with Gasteiger partial charge in [0.05, 0.1) is 6.54 Å². The van der Waals surface area contributed by atoms with Gasteiger partial charge in [0.1, 0.15) is 11.9 Å². The minimum absolute atomic E-state index is 0.0735. The Balaban J connectivity index is 1.64. The third-order valence-electron chi connectivity index (χ3n) is 5.83. The molecule has 3 aromatic rings. The molecule has 4 rings (SSSR count). The fourth-order valence-corrected chi connectivity index (χ4v) is 3.99. The van der Waals surface area contributed by atoms with E-state index in [0.29, 0.717) is 17.7 Å². The lowest BCUT2D eigenvalue weighted by Crippen LogP contribution is -2.39. The van der Waals surface area contributed by atoms with Crippen molar-refractivity contribution in [2.45, 2.75) is 31.7 Å². The Kier molecular flexibility index (Phi) is 7.41. The monoisotopic (exact) mass is 538 g/mol. The van der Waals surface area contributed by atoms with Crippen molar-refractivity contribution in [1.29, 1.82) is 0 Å². The highest BCUT2D eigenvalue weighted by atomic mass is 19.4. The van der Waals surface area contributed by atoms with Crippen molar-refractivity contribution in [3.8, 4) is 0 Å². The number of rotatable bonds is 7. The average Bonchev–Trinajstić information content (AvgIpc) is 3.30. The van der Waals surface area contributed by atoms with E-state index in [1.807, 2.05) is 0 Å². The molecule has 2 heterocycles. The molecular formula is C24H20F6N6O2. The van der Waals surface area contributed by atoms with E-state index in [1.165, 1.54) is 4.90 Å². The number of nitrogens with zero attached hydrogens (tertiary/aromatic N) is 4. The first-order chi connectivity index (χ1) is 17.9. The number of halogens is 6. The summed E-state index contributed by atoms with van der Waals surface area (Å²) in [7, 11) is 0. The van der Waals surface area contributed by atoms with Crippen LogP contribution in [0.4, 0.5) is 26.3 Å². The van der Waals surface area contributed by atoms with Crippen molar-refractivity contribution in [3.63, 3.8) is 0 Å². The quantitative estimate of drug-likeness (QED) is 0.273. The lowest BCUT2D eigenvalue weighted by molar-refractivity contribution is -0.148. The van der Waals surface area contributed by atoms with Gasteiger partial charge in [0.2, 0.25) is 17.6 Å². The van der Waals surface area contributed by atoms with Gasteiger partial charge in [0.25, 0.3) is 0 Å². The number of hydrogen-bond donors (Lipinski definition) is 2. The standard InChI is InChI=1S/C24H20F6N6O2/c25-16-11-18(27)17(26)9-14(16)8-15(32-21(22(31)38)13-4-2-1-3-5-13)10-20(37)35-6-7-36-19(12-35)33-34-23(36)24(28,29)30/h1-5,9-11,21,32H,6-8,12H2,(H2,31,38)/b15-10+/t21-/m0/s1. The summed E-state index contributed by atoms with van der Waals surface area (Å²) < 4.78 is 81.9. The van der Waals surface area contributed by atoms with Gasteiger partial charge in [-0.05, 0) is 17.2 Å². The summed E-state index contributed by atoms with van der Waals surface area (Å²) in [4.78, 5) is 26.5. The van der Waals surface area contributed by atoms with Gasteiger partial charge in [-0.15, -0.1) is 10.2 Å². The van der Waals surface area contributed by atoms with Crippen LogP contribution in [0.15, 0.2) is 54.2 Å². The topological polar surface area (TPSA) is 106 Å². The van der Waals surface area contributed by atoms with E-state index in [2.05, 4.69) is 15.5 Å². The molecule has 1 aromatic heterocycles. The minimum Gasteiger partial charge on any atom is -0.373 e.